The second-order valence-electron chi connectivity index (χ2n) is 3.85. The third-order valence-electron chi connectivity index (χ3n) is 2.42. The van der Waals surface area contributed by atoms with Crippen LogP contribution in [0.3, 0.4) is 0 Å². The Morgan fingerprint density at radius 1 is 1.41 bits per heavy atom. The Labute approximate surface area is 102 Å². The summed E-state index contributed by atoms with van der Waals surface area (Å²) in [5.74, 6) is 0.0245. The van der Waals surface area contributed by atoms with Crippen molar-refractivity contribution in [2.24, 2.45) is 0 Å². The molecule has 1 aromatic rings. The molecule has 0 aliphatic rings. The molecule has 0 spiro atoms. The number of nitrogens with one attached hydrogen (secondary N) is 1. The number of methoxy groups -OCH3 is 1. The number of ether oxygens (including phenoxy) is 1. The first-order valence-electron chi connectivity index (χ1n) is 5.70. The van der Waals surface area contributed by atoms with Gasteiger partial charge in [-0.15, -0.1) is 0 Å². The molecule has 0 bridgehead atoms. The minimum absolute atomic E-state index is 0.0234. The monoisotopic (exact) mass is 237 g/mol. The highest BCUT2D eigenvalue weighted by molar-refractivity contribution is 5.75. The Balaban J connectivity index is 2.31. The quantitative estimate of drug-likeness (QED) is 0.701. The minimum Gasteiger partial charge on any atom is -0.392 e. The van der Waals surface area contributed by atoms with Crippen LogP contribution in [0.4, 0.5) is 0 Å². The van der Waals surface area contributed by atoms with Crippen molar-refractivity contribution in [3.63, 3.8) is 0 Å². The van der Waals surface area contributed by atoms with Crippen LogP contribution < -0.4 is 5.32 Å². The first-order chi connectivity index (χ1) is 8.26. The summed E-state index contributed by atoms with van der Waals surface area (Å²) in [4.78, 5) is 11.4. The summed E-state index contributed by atoms with van der Waals surface area (Å²) in [5.41, 5.74) is 1.85. The van der Waals surface area contributed by atoms with Crippen molar-refractivity contribution < 1.29 is 14.6 Å². The number of carbonyl (C=O) groups excluding carboxylic acids is 1. The van der Waals surface area contributed by atoms with Crippen LogP contribution >= 0.6 is 0 Å². The molecule has 0 aliphatic heterocycles. The van der Waals surface area contributed by atoms with Crippen LogP contribution in [0.1, 0.15) is 24.0 Å². The van der Waals surface area contributed by atoms with E-state index in [4.69, 9.17) is 9.84 Å². The summed E-state index contributed by atoms with van der Waals surface area (Å²) in [6.45, 7) is 1.13. The number of aliphatic hydroxyl groups is 1. The molecule has 0 aliphatic carbocycles. The second-order valence-corrected chi connectivity index (χ2v) is 3.85. The van der Waals surface area contributed by atoms with Crippen molar-refractivity contribution in [1.29, 1.82) is 0 Å². The summed E-state index contributed by atoms with van der Waals surface area (Å²) in [7, 11) is 1.62. The van der Waals surface area contributed by atoms with Crippen LogP contribution in [0.2, 0.25) is 0 Å². The maximum atomic E-state index is 11.4. The van der Waals surface area contributed by atoms with E-state index in [-0.39, 0.29) is 12.5 Å². The fraction of sp³-hybridized carbons (Fsp3) is 0.462. The normalized spacial score (nSPS) is 10.2. The number of benzene rings is 1. The van der Waals surface area contributed by atoms with Crippen LogP contribution in [0.25, 0.3) is 0 Å². The van der Waals surface area contributed by atoms with E-state index in [1.807, 2.05) is 24.3 Å². The predicted molar refractivity (Wildman–Crippen MR) is 65.3 cm³/mol. The van der Waals surface area contributed by atoms with Crippen molar-refractivity contribution in [2.45, 2.75) is 26.0 Å². The van der Waals surface area contributed by atoms with Crippen LogP contribution in [-0.4, -0.2) is 24.7 Å². The van der Waals surface area contributed by atoms with E-state index in [0.717, 1.165) is 17.5 Å². The third kappa shape index (κ3) is 5.47. The number of rotatable bonds is 7. The fourth-order valence-corrected chi connectivity index (χ4v) is 1.50. The molecular weight excluding hydrogens is 218 g/mol. The van der Waals surface area contributed by atoms with Crippen molar-refractivity contribution in [1.82, 2.24) is 5.32 Å². The molecule has 0 atom stereocenters. The summed E-state index contributed by atoms with van der Waals surface area (Å²) in [6, 6.07) is 7.53. The molecule has 1 rings (SSSR count). The maximum Gasteiger partial charge on any atom is 0.220 e. The fourth-order valence-electron chi connectivity index (χ4n) is 1.50. The number of aliphatic hydroxyl groups excluding tert-OH is 1. The smallest absolute Gasteiger partial charge is 0.220 e. The van der Waals surface area contributed by atoms with E-state index < -0.39 is 0 Å². The molecule has 17 heavy (non-hydrogen) atoms. The van der Waals surface area contributed by atoms with Crippen LogP contribution in [0.15, 0.2) is 24.3 Å². The molecule has 0 saturated carbocycles. The molecule has 0 radical (unpaired) electrons. The molecule has 0 heterocycles. The molecule has 0 saturated heterocycles. The third-order valence-corrected chi connectivity index (χ3v) is 2.42. The van der Waals surface area contributed by atoms with Crippen LogP contribution in [-0.2, 0) is 22.7 Å². The summed E-state index contributed by atoms with van der Waals surface area (Å²) in [5, 5.41) is 11.8. The van der Waals surface area contributed by atoms with Crippen molar-refractivity contribution in [2.75, 3.05) is 13.7 Å². The van der Waals surface area contributed by atoms with E-state index in [9.17, 15) is 4.79 Å². The van der Waals surface area contributed by atoms with Crippen LogP contribution in [0.5, 0.6) is 0 Å². The van der Waals surface area contributed by atoms with E-state index in [1.54, 1.807) is 7.11 Å². The standard InChI is InChI=1S/C13H19NO3/c1-17-7-3-6-13(16)14-9-11-4-2-5-12(8-11)10-15/h2,4-5,8,15H,3,6-7,9-10H2,1H3,(H,14,16). The lowest BCUT2D eigenvalue weighted by Crippen LogP contribution is -2.22. The zero-order valence-electron chi connectivity index (χ0n) is 10.1. The summed E-state index contributed by atoms with van der Waals surface area (Å²) in [6.07, 6.45) is 1.21. The molecule has 94 valence electrons. The first-order valence-corrected chi connectivity index (χ1v) is 5.70. The molecule has 1 amide bonds. The molecule has 4 heteroatoms. The molecular formula is C13H19NO3. The lowest BCUT2D eigenvalue weighted by Gasteiger charge is -2.06. The number of hydrogen-bond acceptors (Lipinski definition) is 3. The van der Waals surface area contributed by atoms with Gasteiger partial charge in [-0.1, -0.05) is 24.3 Å². The van der Waals surface area contributed by atoms with Gasteiger partial charge in [0, 0.05) is 26.7 Å². The molecule has 1 aromatic carbocycles. The zero-order chi connectivity index (χ0) is 12.5. The van der Waals surface area contributed by atoms with E-state index >= 15 is 0 Å². The molecule has 0 fully saturated rings. The largest absolute Gasteiger partial charge is 0.392 e. The van der Waals surface area contributed by atoms with Crippen molar-refractivity contribution >= 4 is 5.91 Å². The average Bonchev–Trinajstić information content (AvgIpc) is 2.37. The van der Waals surface area contributed by atoms with Gasteiger partial charge in [0.2, 0.25) is 5.91 Å². The van der Waals surface area contributed by atoms with Gasteiger partial charge in [-0.3, -0.25) is 4.79 Å². The summed E-state index contributed by atoms with van der Waals surface area (Å²) >= 11 is 0. The van der Waals surface area contributed by atoms with E-state index in [0.29, 0.717) is 19.6 Å². The number of carbonyl (C=O) groups is 1. The Bertz CT molecular complexity index is 352. The highest BCUT2D eigenvalue weighted by atomic mass is 16.5. The lowest BCUT2D eigenvalue weighted by atomic mass is 10.1. The maximum absolute atomic E-state index is 11.4. The van der Waals surface area contributed by atoms with Gasteiger partial charge in [0.15, 0.2) is 0 Å². The molecule has 4 nitrogen and oxygen atoms in total. The topological polar surface area (TPSA) is 58.6 Å². The van der Waals surface area contributed by atoms with Crippen LogP contribution in [0, 0.1) is 0 Å². The average molecular weight is 237 g/mol. The van der Waals surface area contributed by atoms with Gasteiger partial charge in [-0.05, 0) is 17.5 Å². The van der Waals surface area contributed by atoms with Gasteiger partial charge in [-0.25, -0.2) is 0 Å². The molecule has 0 unspecified atom stereocenters. The Morgan fingerprint density at radius 2 is 2.18 bits per heavy atom. The van der Waals surface area contributed by atoms with Gasteiger partial charge < -0.3 is 15.2 Å². The van der Waals surface area contributed by atoms with Crippen molar-refractivity contribution in [3.05, 3.63) is 35.4 Å². The Morgan fingerprint density at radius 3 is 2.88 bits per heavy atom. The minimum atomic E-state index is 0.0234. The van der Waals surface area contributed by atoms with Gasteiger partial charge in [0.05, 0.1) is 6.61 Å². The summed E-state index contributed by atoms with van der Waals surface area (Å²) < 4.78 is 4.88. The van der Waals surface area contributed by atoms with Gasteiger partial charge in [0.1, 0.15) is 0 Å². The van der Waals surface area contributed by atoms with Gasteiger partial charge in [0.25, 0.3) is 0 Å². The number of hydrogen-bond donors (Lipinski definition) is 2. The van der Waals surface area contributed by atoms with E-state index in [1.165, 1.54) is 0 Å². The predicted octanol–water partition coefficient (Wildman–Crippen LogP) is 1.22. The highest BCUT2D eigenvalue weighted by Gasteiger charge is 2.01. The van der Waals surface area contributed by atoms with Crippen molar-refractivity contribution in [3.8, 4) is 0 Å². The van der Waals surface area contributed by atoms with E-state index in [2.05, 4.69) is 5.32 Å². The lowest BCUT2D eigenvalue weighted by molar-refractivity contribution is -0.121. The molecule has 0 aromatic heterocycles. The molecule has 2 N–H and O–H groups in total. The first kappa shape index (κ1) is 13.7. The van der Waals surface area contributed by atoms with Gasteiger partial charge in [-0.2, -0.15) is 0 Å². The second kappa shape index (κ2) is 7.81. The SMILES string of the molecule is COCCCC(=O)NCc1cccc(CO)c1. The Kier molecular flexibility index (Phi) is 6.29. The Hall–Kier alpha value is -1.39. The number of amides is 1. The zero-order valence-corrected chi connectivity index (χ0v) is 10.1. The highest BCUT2D eigenvalue weighted by Crippen LogP contribution is 2.05. The van der Waals surface area contributed by atoms with Gasteiger partial charge >= 0.3 is 0 Å².